The lowest BCUT2D eigenvalue weighted by molar-refractivity contribution is -0.138. The zero-order chi connectivity index (χ0) is 17.8. The van der Waals surface area contributed by atoms with E-state index in [0.29, 0.717) is 16.3 Å². The van der Waals surface area contributed by atoms with Crippen molar-refractivity contribution in [1.29, 1.82) is 0 Å². The molecule has 2 amide bonds. The van der Waals surface area contributed by atoms with E-state index >= 15 is 0 Å². The van der Waals surface area contributed by atoms with Gasteiger partial charge in [-0.2, -0.15) is 0 Å². The molecule has 0 aliphatic carbocycles. The van der Waals surface area contributed by atoms with Gasteiger partial charge in [0.1, 0.15) is 0 Å². The fourth-order valence-corrected chi connectivity index (χ4v) is 2.86. The highest BCUT2D eigenvalue weighted by atomic mass is 35.5. The topological polar surface area (TPSA) is 67.4 Å². The van der Waals surface area contributed by atoms with Gasteiger partial charge in [0, 0.05) is 5.02 Å². The summed E-state index contributed by atoms with van der Waals surface area (Å²) < 4.78 is 5.23. The van der Waals surface area contributed by atoms with Crippen LogP contribution < -0.4 is 10.6 Å². The van der Waals surface area contributed by atoms with E-state index in [1.807, 2.05) is 30.3 Å². The van der Waals surface area contributed by atoms with Gasteiger partial charge in [-0.1, -0.05) is 54.1 Å². The van der Waals surface area contributed by atoms with E-state index in [1.54, 1.807) is 31.2 Å². The first kappa shape index (κ1) is 17.0. The average Bonchev–Trinajstić information content (AvgIpc) is 2.62. The van der Waals surface area contributed by atoms with Crippen molar-refractivity contribution in [3.05, 3.63) is 76.3 Å². The van der Waals surface area contributed by atoms with Gasteiger partial charge in [0.05, 0.1) is 23.9 Å². The summed E-state index contributed by atoms with van der Waals surface area (Å²) >= 11 is 5.95. The summed E-state index contributed by atoms with van der Waals surface area (Å²) in [4.78, 5) is 24.8. The number of esters is 1. The van der Waals surface area contributed by atoms with Gasteiger partial charge < -0.3 is 15.4 Å². The van der Waals surface area contributed by atoms with Crippen LogP contribution in [0.3, 0.4) is 0 Å². The van der Waals surface area contributed by atoms with E-state index in [2.05, 4.69) is 10.6 Å². The van der Waals surface area contributed by atoms with Crippen molar-refractivity contribution in [3.63, 3.8) is 0 Å². The highest BCUT2D eigenvalue weighted by molar-refractivity contribution is 6.30. The van der Waals surface area contributed by atoms with E-state index in [-0.39, 0.29) is 12.6 Å². The van der Waals surface area contributed by atoms with Crippen LogP contribution in [0, 0.1) is 0 Å². The lowest BCUT2D eigenvalue weighted by Crippen LogP contribution is -2.45. The Morgan fingerprint density at radius 1 is 1.12 bits per heavy atom. The highest BCUT2D eigenvalue weighted by Gasteiger charge is 2.34. The molecule has 2 aromatic carbocycles. The van der Waals surface area contributed by atoms with Crippen LogP contribution in [0.1, 0.15) is 24.1 Å². The standard InChI is InChI=1S/C19H17ClN2O3/c1-2-25-18(23)15-16(12-6-4-3-5-7-12)21-19(24)22-17(15)13-8-10-14(20)11-9-13/h3-11,17H,2H2,1H3,(H2,21,22,24)/t17-/m0/s1. The Morgan fingerprint density at radius 3 is 2.44 bits per heavy atom. The molecule has 3 rings (SSSR count). The Kier molecular flexibility index (Phi) is 5.05. The quantitative estimate of drug-likeness (QED) is 0.821. The molecule has 25 heavy (non-hydrogen) atoms. The first-order valence-corrected chi connectivity index (χ1v) is 8.27. The molecule has 2 aromatic rings. The molecule has 0 saturated carbocycles. The molecular weight excluding hydrogens is 340 g/mol. The van der Waals surface area contributed by atoms with Gasteiger partial charge in [0.25, 0.3) is 0 Å². The second kappa shape index (κ2) is 7.40. The van der Waals surface area contributed by atoms with Crippen molar-refractivity contribution >= 4 is 29.3 Å². The fraction of sp³-hybridized carbons (Fsp3) is 0.158. The predicted octanol–water partition coefficient (Wildman–Crippen LogP) is 3.67. The van der Waals surface area contributed by atoms with Crippen LogP contribution in [-0.4, -0.2) is 18.6 Å². The Bertz CT molecular complexity index is 816. The van der Waals surface area contributed by atoms with Crippen LogP contribution in [0.4, 0.5) is 4.79 Å². The third kappa shape index (κ3) is 3.67. The average molecular weight is 357 g/mol. The molecule has 0 saturated heterocycles. The van der Waals surface area contributed by atoms with Gasteiger partial charge in [-0.25, -0.2) is 9.59 Å². The number of urea groups is 1. The third-order valence-electron chi connectivity index (χ3n) is 3.83. The maximum absolute atomic E-state index is 12.6. The molecule has 0 spiro atoms. The molecule has 0 fully saturated rings. The molecule has 2 N–H and O–H groups in total. The minimum Gasteiger partial charge on any atom is -0.463 e. The van der Waals surface area contributed by atoms with Crippen LogP contribution in [-0.2, 0) is 9.53 Å². The van der Waals surface area contributed by atoms with Crippen LogP contribution in [0.15, 0.2) is 60.2 Å². The number of nitrogens with one attached hydrogen (secondary N) is 2. The molecule has 1 atom stereocenters. The third-order valence-corrected chi connectivity index (χ3v) is 4.09. The largest absolute Gasteiger partial charge is 0.463 e. The maximum atomic E-state index is 12.6. The molecule has 0 unspecified atom stereocenters. The number of hydrogen-bond donors (Lipinski definition) is 2. The number of ether oxygens (including phenoxy) is 1. The van der Waals surface area contributed by atoms with Gasteiger partial charge in [-0.05, 0) is 30.2 Å². The van der Waals surface area contributed by atoms with Crippen molar-refractivity contribution < 1.29 is 14.3 Å². The molecule has 0 radical (unpaired) electrons. The van der Waals surface area contributed by atoms with Crippen molar-refractivity contribution in [3.8, 4) is 0 Å². The normalized spacial score (nSPS) is 16.9. The molecule has 0 aromatic heterocycles. The Hall–Kier alpha value is -2.79. The van der Waals surface area contributed by atoms with E-state index in [1.165, 1.54) is 0 Å². The van der Waals surface area contributed by atoms with Crippen molar-refractivity contribution in [2.24, 2.45) is 0 Å². The Balaban J connectivity index is 2.16. The summed E-state index contributed by atoms with van der Waals surface area (Å²) in [6.07, 6.45) is 0. The molecule has 1 aliphatic heterocycles. The zero-order valence-corrected chi connectivity index (χ0v) is 14.3. The maximum Gasteiger partial charge on any atom is 0.338 e. The second-order valence-corrected chi connectivity index (χ2v) is 5.89. The summed E-state index contributed by atoms with van der Waals surface area (Å²) in [5.74, 6) is -0.478. The summed E-state index contributed by atoms with van der Waals surface area (Å²) in [5, 5.41) is 6.10. The number of benzene rings is 2. The van der Waals surface area contributed by atoms with E-state index < -0.39 is 12.0 Å². The minimum atomic E-state index is -0.625. The lowest BCUT2D eigenvalue weighted by atomic mass is 9.93. The van der Waals surface area contributed by atoms with E-state index in [9.17, 15) is 9.59 Å². The smallest absolute Gasteiger partial charge is 0.338 e. The fourth-order valence-electron chi connectivity index (χ4n) is 2.73. The van der Waals surface area contributed by atoms with E-state index in [0.717, 1.165) is 11.1 Å². The summed E-state index contributed by atoms with van der Waals surface area (Å²) in [6.45, 7) is 1.98. The Labute approximate surface area is 150 Å². The number of halogens is 1. The van der Waals surface area contributed by atoms with Crippen molar-refractivity contribution in [1.82, 2.24) is 10.6 Å². The second-order valence-electron chi connectivity index (χ2n) is 5.46. The van der Waals surface area contributed by atoms with Gasteiger partial charge >= 0.3 is 12.0 Å². The van der Waals surface area contributed by atoms with Crippen LogP contribution in [0.25, 0.3) is 5.70 Å². The minimum absolute atomic E-state index is 0.242. The number of carbonyl (C=O) groups is 2. The zero-order valence-electron chi connectivity index (χ0n) is 13.6. The number of rotatable bonds is 4. The first-order chi connectivity index (χ1) is 12.1. The van der Waals surface area contributed by atoms with Crippen LogP contribution in [0.2, 0.25) is 5.02 Å². The van der Waals surface area contributed by atoms with Crippen molar-refractivity contribution in [2.45, 2.75) is 13.0 Å². The Morgan fingerprint density at radius 2 is 1.80 bits per heavy atom. The van der Waals surface area contributed by atoms with Gasteiger partial charge in [-0.15, -0.1) is 0 Å². The lowest BCUT2D eigenvalue weighted by Gasteiger charge is -2.29. The monoisotopic (exact) mass is 356 g/mol. The van der Waals surface area contributed by atoms with Gasteiger partial charge in [-0.3, -0.25) is 0 Å². The molecule has 5 nitrogen and oxygen atoms in total. The molecule has 1 aliphatic rings. The number of amides is 2. The molecule has 1 heterocycles. The van der Waals surface area contributed by atoms with Crippen LogP contribution in [0.5, 0.6) is 0 Å². The van der Waals surface area contributed by atoms with Crippen molar-refractivity contribution in [2.75, 3.05) is 6.61 Å². The SMILES string of the molecule is CCOC(=O)C1=C(c2ccccc2)NC(=O)N[C@H]1c1ccc(Cl)cc1. The number of hydrogen-bond acceptors (Lipinski definition) is 3. The molecular formula is C19H17ClN2O3. The first-order valence-electron chi connectivity index (χ1n) is 7.90. The number of carbonyl (C=O) groups excluding carboxylic acids is 2. The molecule has 6 heteroatoms. The van der Waals surface area contributed by atoms with Gasteiger partial charge in [0.15, 0.2) is 0 Å². The van der Waals surface area contributed by atoms with Gasteiger partial charge in [0.2, 0.25) is 0 Å². The highest BCUT2D eigenvalue weighted by Crippen LogP contribution is 2.32. The summed E-state index contributed by atoms with van der Waals surface area (Å²) in [5.41, 5.74) is 2.29. The van der Waals surface area contributed by atoms with Crippen LogP contribution >= 0.6 is 11.6 Å². The van der Waals surface area contributed by atoms with E-state index in [4.69, 9.17) is 16.3 Å². The summed E-state index contributed by atoms with van der Waals surface area (Å²) in [7, 11) is 0. The molecule has 128 valence electrons. The summed E-state index contributed by atoms with van der Waals surface area (Å²) in [6, 6.07) is 15.2. The molecule has 0 bridgehead atoms. The predicted molar refractivity (Wildman–Crippen MR) is 95.9 cm³/mol.